The summed E-state index contributed by atoms with van der Waals surface area (Å²) in [4.78, 5) is 4.37. The van der Waals surface area contributed by atoms with Crippen molar-refractivity contribution in [1.29, 1.82) is 0 Å². The molecule has 5 aliphatic rings. The van der Waals surface area contributed by atoms with Crippen molar-refractivity contribution in [2.75, 3.05) is 48.3 Å². The molecule has 0 radical (unpaired) electrons. The molecular weight excluding hydrogens is 1530 g/mol. The van der Waals surface area contributed by atoms with Crippen LogP contribution in [0.4, 0.5) is 0 Å². The van der Waals surface area contributed by atoms with E-state index in [-0.39, 0.29) is 12.0 Å². The molecule has 0 aromatic heterocycles. The SMILES string of the molecule is CCC[C@@H]1Cc2ccccc2[C@H](c2ccc(Cl)c(Cl)c2)C1.CCC[C@H]1Cc2ccccc2[C@@H](c2ccc(Cl)c(Cl)c2)C1.CN(C)C1CC(c2ccc(Cl)c(Cl)c2)c2ccccc2C1O.CN(C)CC1Cc2ccccc2C(c2ccc(Cl)c(Cl)c2)C1.CNC[C@H]1Cc2ccccc2[C@@H](c2ccc(Cl)c(Cl)c2)C1. The normalized spacial score (nSPS) is 21.7. The Morgan fingerprint density at radius 1 is 0.327 bits per heavy atom. The number of aliphatic hydroxyl groups excluding tert-OH is 1. The van der Waals surface area contributed by atoms with Gasteiger partial charge < -0.3 is 20.2 Å². The topological polar surface area (TPSA) is 38.7 Å². The predicted octanol–water partition coefficient (Wildman–Crippen LogP) is 27.6. The molecule has 10 aromatic rings. The zero-order valence-corrected chi connectivity index (χ0v) is 69.8. The second-order valence-corrected chi connectivity index (χ2v) is 34.5. The Labute approximate surface area is 687 Å². The number of likely N-dealkylation sites (N-methyl/N-ethyl adjacent to an activating group) is 1. The number of benzene rings is 10. The molecule has 15 rings (SSSR count). The fourth-order valence-electron chi connectivity index (χ4n) is 17.5. The van der Waals surface area contributed by atoms with Crippen molar-refractivity contribution >= 4 is 116 Å². The van der Waals surface area contributed by atoms with Gasteiger partial charge in [-0.3, -0.25) is 0 Å². The van der Waals surface area contributed by atoms with Gasteiger partial charge in [-0.2, -0.15) is 0 Å². The molecular formula is C93H99Cl10N3O. The number of nitrogens with zero attached hydrogens (tertiary/aromatic N) is 2. The monoisotopic (exact) mass is 1620 g/mol. The molecule has 5 aliphatic carbocycles. The first-order valence-electron chi connectivity index (χ1n) is 37.9. The van der Waals surface area contributed by atoms with Crippen LogP contribution in [0.25, 0.3) is 0 Å². The van der Waals surface area contributed by atoms with Crippen molar-refractivity contribution < 1.29 is 5.11 Å². The van der Waals surface area contributed by atoms with Crippen LogP contribution in [0.5, 0.6) is 0 Å². The van der Waals surface area contributed by atoms with Gasteiger partial charge in [-0.25, -0.2) is 0 Å². The number of halogens is 10. The summed E-state index contributed by atoms with van der Waals surface area (Å²) >= 11 is 61.4. The molecule has 107 heavy (non-hydrogen) atoms. The van der Waals surface area contributed by atoms with Gasteiger partial charge in [0.05, 0.1) is 56.3 Å². The molecule has 0 heterocycles. The smallest absolute Gasteiger partial charge is 0.0948 e. The zero-order valence-electron chi connectivity index (χ0n) is 62.3. The number of hydrogen-bond donors (Lipinski definition) is 2. The van der Waals surface area contributed by atoms with Crippen molar-refractivity contribution in [1.82, 2.24) is 15.1 Å². The largest absolute Gasteiger partial charge is 0.387 e. The van der Waals surface area contributed by atoms with Crippen LogP contribution in [0.1, 0.15) is 191 Å². The standard InChI is InChI=1S/C19H21Cl2N.2C19H20Cl2.C18H19Cl2NO.C18H19Cl2N/c1-22(2)12-13-9-14-5-3-4-6-16(14)17(10-13)15-7-8-18(20)19(21)11-15;2*1-2-5-13-10-14-6-3-4-7-16(14)17(11-13)15-8-9-18(20)19(21)12-15;1-21(2)17-10-14(11-7-8-15(19)16(20)9-11)12-5-3-4-6-13(12)18(17)22;1-21-11-12-8-13-4-2-3-5-15(13)16(9-12)14-6-7-17(19)18(20)10-14/h3-8,11,13,17H,9-10,12H2,1-2H3;2*3-4,6-9,12-13,17H,2,5,10-11H2,1H3;3-9,14,17-18,22H,10H2,1-2H3;2-7,10,12,16,21H,8-9,11H2,1H3/t;2*13-,17+;;12-,16+/m.10.0/s1. The fourth-order valence-corrected chi connectivity index (χ4v) is 19.1. The molecule has 0 amide bonds. The van der Waals surface area contributed by atoms with Crippen LogP contribution in [-0.4, -0.2) is 69.3 Å². The van der Waals surface area contributed by atoms with Crippen LogP contribution < -0.4 is 5.32 Å². The van der Waals surface area contributed by atoms with Gasteiger partial charge in [-0.1, -0.05) is 307 Å². The minimum absolute atomic E-state index is 0.0781. The van der Waals surface area contributed by atoms with E-state index in [1.165, 1.54) is 124 Å². The Morgan fingerprint density at radius 2 is 0.598 bits per heavy atom. The van der Waals surface area contributed by atoms with E-state index in [1.54, 1.807) is 0 Å². The number of hydrogen-bond acceptors (Lipinski definition) is 4. The molecule has 0 saturated carbocycles. The van der Waals surface area contributed by atoms with Crippen LogP contribution in [0.3, 0.4) is 0 Å². The van der Waals surface area contributed by atoms with Gasteiger partial charge >= 0.3 is 0 Å². The summed E-state index contributed by atoms with van der Waals surface area (Å²) in [6, 6.07) is 73.5. The lowest BCUT2D eigenvalue weighted by molar-refractivity contribution is 0.0590. The molecule has 14 heteroatoms. The summed E-state index contributed by atoms with van der Waals surface area (Å²) in [7, 11) is 10.3. The molecule has 11 atom stereocenters. The van der Waals surface area contributed by atoms with Crippen LogP contribution in [0, 0.1) is 23.7 Å². The predicted molar refractivity (Wildman–Crippen MR) is 460 cm³/mol. The summed E-state index contributed by atoms with van der Waals surface area (Å²) in [5, 5.41) is 20.2. The van der Waals surface area contributed by atoms with Crippen molar-refractivity contribution in [2.45, 2.75) is 139 Å². The first-order valence-corrected chi connectivity index (χ1v) is 41.7. The molecule has 0 fully saturated rings. The lowest BCUT2D eigenvalue weighted by atomic mass is 9.73. The van der Waals surface area contributed by atoms with Crippen LogP contribution in [0.15, 0.2) is 212 Å². The molecule has 562 valence electrons. The zero-order chi connectivity index (χ0) is 76.0. The highest BCUT2D eigenvalue weighted by atomic mass is 35.5. The van der Waals surface area contributed by atoms with Crippen molar-refractivity contribution in [3.05, 3.63) is 346 Å². The lowest BCUT2D eigenvalue weighted by Gasteiger charge is -2.39. The highest BCUT2D eigenvalue weighted by Crippen LogP contribution is 2.48. The van der Waals surface area contributed by atoms with Crippen LogP contribution >= 0.6 is 116 Å². The van der Waals surface area contributed by atoms with Crippen LogP contribution in [0.2, 0.25) is 50.2 Å². The molecule has 10 aromatic carbocycles. The fraction of sp³-hybridized carbons (Fsp3) is 0.355. The van der Waals surface area contributed by atoms with Gasteiger partial charge in [0.2, 0.25) is 0 Å². The Hall–Kier alpha value is -5.06. The molecule has 0 saturated heterocycles. The van der Waals surface area contributed by atoms with E-state index in [9.17, 15) is 5.11 Å². The number of fused-ring (bicyclic) bond motifs is 5. The van der Waals surface area contributed by atoms with Crippen molar-refractivity contribution in [2.24, 2.45) is 23.7 Å². The number of nitrogens with one attached hydrogen (secondary N) is 1. The van der Waals surface area contributed by atoms with Gasteiger partial charge in [0.25, 0.3) is 0 Å². The molecule has 2 N–H and O–H groups in total. The van der Waals surface area contributed by atoms with E-state index in [2.05, 4.69) is 170 Å². The van der Waals surface area contributed by atoms with Gasteiger partial charge in [0.1, 0.15) is 0 Å². The summed E-state index contributed by atoms with van der Waals surface area (Å²) in [5.74, 6) is 4.78. The van der Waals surface area contributed by atoms with E-state index in [1.807, 2.05) is 106 Å². The molecule has 0 aliphatic heterocycles. The minimum Gasteiger partial charge on any atom is -0.387 e. The third-order valence-electron chi connectivity index (χ3n) is 22.5. The van der Waals surface area contributed by atoms with E-state index >= 15 is 0 Å². The van der Waals surface area contributed by atoms with E-state index in [0.717, 1.165) is 68.2 Å². The highest BCUT2D eigenvalue weighted by Gasteiger charge is 2.37. The Kier molecular flexibility index (Phi) is 30.5. The number of rotatable bonds is 14. The molecule has 0 bridgehead atoms. The van der Waals surface area contributed by atoms with Gasteiger partial charge in [0, 0.05) is 42.2 Å². The Bertz CT molecular complexity index is 4330. The quantitative estimate of drug-likeness (QED) is 0.114. The highest BCUT2D eigenvalue weighted by molar-refractivity contribution is 6.44. The summed E-state index contributed by atoms with van der Waals surface area (Å²) in [6.45, 7) is 6.71. The van der Waals surface area contributed by atoms with Gasteiger partial charge in [-0.15, -0.1) is 0 Å². The van der Waals surface area contributed by atoms with E-state index in [4.69, 9.17) is 116 Å². The lowest BCUT2D eigenvalue weighted by Crippen LogP contribution is -2.39. The summed E-state index contributed by atoms with van der Waals surface area (Å²) in [5.41, 5.74) is 20.1. The second kappa shape index (κ2) is 39.4. The van der Waals surface area contributed by atoms with E-state index in [0.29, 0.717) is 85.7 Å². The molecule has 4 nitrogen and oxygen atoms in total. The molecule has 0 spiro atoms. The average molecular weight is 1630 g/mol. The maximum Gasteiger partial charge on any atom is 0.0948 e. The van der Waals surface area contributed by atoms with Crippen molar-refractivity contribution in [3.63, 3.8) is 0 Å². The maximum absolute atomic E-state index is 10.7. The Morgan fingerprint density at radius 3 is 0.897 bits per heavy atom. The summed E-state index contributed by atoms with van der Waals surface area (Å²) < 4.78 is 0. The maximum atomic E-state index is 10.7. The summed E-state index contributed by atoms with van der Waals surface area (Å²) in [6.07, 6.45) is 14.9. The van der Waals surface area contributed by atoms with Gasteiger partial charge in [-0.05, 0) is 267 Å². The third-order valence-corrected chi connectivity index (χ3v) is 26.2. The first-order chi connectivity index (χ1) is 51.6. The van der Waals surface area contributed by atoms with Gasteiger partial charge in [0.15, 0.2) is 0 Å². The number of aliphatic hydroxyl groups is 1. The Balaban J connectivity index is 0.000000133. The van der Waals surface area contributed by atoms with Crippen molar-refractivity contribution in [3.8, 4) is 0 Å². The second-order valence-electron chi connectivity index (χ2n) is 30.4. The minimum atomic E-state index is -0.467. The third kappa shape index (κ3) is 21.2. The molecule has 5 unspecified atom stereocenters. The van der Waals surface area contributed by atoms with Crippen LogP contribution in [-0.2, 0) is 25.7 Å². The average Bonchev–Trinajstić information content (AvgIpc) is 0.789. The first kappa shape index (κ1) is 82.9. The van der Waals surface area contributed by atoms with E-state index < -0.39 is 6.10 Å².